The topological polar surface area (TPSA) is 151 Å². The van der Waals surface area contributed by atoms with E-state index in [0.29, 0.717) is 60.5 Å². The fourth-order valence-corrected chi connectivity index (χ4v) is 7.56. The lowest BCUT2D eigenvalue weighted by molar-refractivity contribution is -0.138. The number of aryl methyl sites for hydroxylation is 1. The molecule has 1 aromatic heterocycles. The number of hydrogen-bond donors (Lipinski definition) is 5. The number of ether oxygens (including phenoxy) is 2. The third kappa shape index (κ3) is 9.40. The number of amides is 4. The molecule has 0 bridgehead atoms. The summed E-state index contributed by atoms with van der Waals surface area (Å²) in [6, 6.07) is 10.9. The molecule has 5 N–H and O–H groups in total. The summed E-state index contributed by atoms with van der Waals surface area (Å²) in [5, 5.41) is 13.6. The minimum absolute atomic E-state index is 0.0376. The predicted molar refractivity (Wildman–Crippen MR) is 202 cm³/mol. The molecular formula is C39H51Cl2N5O6. The number of carbonyl (C=O) groups excluding carboxylic acids is 4. The molecule has 1 saturated heterocycles. The lowest BCUT2D eigenvalue weighted by Gasteiger charge is -2.39. The Kier molecular flexibility index (Phi) is 13.5. The zero-order valence-electron chi connectivity index (χ0n) is 30.4. The number of carbonyl (C=O) groups is 4. The molecule has 1 aliphatic carbocycles. The van der Waals surface area contributed by atoms with Gasteiger partial charge in [-0.2, -0.15) is 0 Å². The molecule has 3 aromatic rings. The van der Waals surface area contributed by atoms with Crippen LogP contribution in [0.2, 0.25) is 10.0 Å². The summed E-state index contributed by atoms with van der Waals surface area (Å²) >= 11 is 13.0. The van der Waals surface area contributed by atoms with Gasteiger partial charge in [-0.1, -0.05) is 94.1 Å². The number of aromatic nitrogens is 1. The van der Waals surface area contributed by atoms with Crippen molar-refractivity contribution in [3.63, 3.8) is 0 Å². The van der Waals surface area contributed by atoms with E-state index in [2.05, 4.69) is 26.3 Å². The Balaban J connectivity index is 1.43. The van der Waals surface area contributed by atoms with Gasteiger partial charge in [0.05, 0.1) is 10.5 Å². The number of benzene rings is 2. The average Bonchev–Trinajstić information content (AvgIpc) is 3.51. The molecule has 2 aliphatic rings. The van der Waals surface area contributed by atoms with E-state index in [1.165, 1.54) is 0 Å². The molecular weight excluding hydrogens is 705 g/mol. The van der Waals surface area contributed by atoms with Crippen molar-refractivity contribution >= 4 is 57.9 Å². The number of hydrogen-bond acceptors (Lipinski definition) is 6. The maximum atomic E-state index is 14.7. The van der Waals surface area contributed by atoms with Crippen molar-refractivity contribution in [2.24, 2.45) is 17.8 Å². The summed E-state index contributed by atoms with van der Waals surface area (Å²) in [7, 11) is 0. The molecule has 2 heterocycles. The average molecular weight is 757 g/mol. The van der Waals surface area contributed by atoms with Crippen LogP contribution in [0.25, 0.3) is 10.9 Å². The van der Waals surface area contributed by atoms with Gasteiger partial charge in [0.2, 0.25) is 17.7 Å². The Labute approximate surface area is 315 Å². The molecule has 4 amide bonds. The van der Waals surface area contributed by atoms with Crippen LogP contribution in [0.3, 0.4) is 0 Å². The maximum absolute atomic E-state index is 14.7. The number of nitrogens with one attached hydrogen (secondary N) is 5. The number of aromatic amines is 1. The van der Waals surface area contributed by atoms with Crippen molar-refractivity contribution in [3.05, 3.63) is 69.3 Å². The van der Waals surface area contributed by atoms with Crippen molar-refractivity contribution in [1.29, 1.82) is 0 Å². The zero-order valence-corrected chi connectivity index (χ0v) is 31.9. The fourth-order valence-electron chi connectivity index (χ4n) is 7.02. The summed E-state index contributed by atoms with van der Waals surface area (Å²) in [6.07, 6.45) is 2.96. The van der Waals surface area contributed by atoms with Crippen LogP contribution in [0, 0.1) is 17.8 Å². The Bertz CT molecular complexity index is 1730. The molecule has 0 saturated carbocycles. The molecule has 0 spiro atoms. The highest BCUT2D eigenvalue weighted by Crippen LogP contribution is 2.38. The number of alkyl carbamates (subject to hydrolysis) is 1. The van der Waals surface area contributed by atoms with Crippen LogP contribution in [-0.2, 0) is 43.3 Å². The van der Waals surface area contributed by atoms with Gasteiger partial charge in [0.1, 0.15) is 24.2 Å². The lowest BCUT2D eigenvalue weighted by atomic mass is 9.78. The first-order valence-corrected chi connectivity index (χ1v) is 19.1. The second kappa shape index (κ2) is 17.8. The maximum Gasteiger partial charge on any atom is 0.408 e. The van der Waals surface area contributed by atoms with E-state index in [0.717, 1.165) is 35.0 Å². The van der Waals surface area contributed by atoms with Gasteiger partial charge in [-0.25, -0.2) is 4.79 Å². The van der Waals surface area contributed by atoms with Crippen LogP contribution in [0.1, 0.15) is 76.6 Å². The highest BCUT2D eigenvalue weighted by Gasteiger charge is 2.47. The van der Waals surface area contributed by atoms with E-state index >= 15 is 0 Å². The first-order valence-electron chi connectivity index (χ1n) is 18.4. The molecule has 2 aromatic carbocycles. The number of rotatable bonds is 14. The lowest BCUT2D eigenvalue weighted by Crippen LogP contribution is -2.67. The smallest absolute Gasteiger partial charge is 0.408 e. The fraction of sp³-hybridized carbons (Fsp3) is 0.538. The molecule has 5 atom stereocenters. The Hall–Kier alpha value is -3.80. The molecule has 1 fully saturated rings. The van der Waals surface area contributed by atoms with E-state index in [-0.39, 0.29) is 37.2 Å². The van der Waals surface area contributed by atoms with Crippen molar-refractivity contribution < 1.29 is 28.7 Å². The van der Waals surface area contributed by atoms with Crippen LogP contribution in [0.5, 0.6) is 0 Å². The Morgan fingerprint density at radius 2 is 1.63 bits per heavy atom. The molecule has 52 heavy (non-hydrogen) atoms. The van der Waals surface area contributed by atoms with E-state index in [9.17, 15) is 19.2 Å². The van der Waals surface area contributed by atoms with Gasteiger partial charge in [-0.05, 0) is 66.7 Å². The first kappa shape index (κ1) is 39.4. The molecule has 2 unspecified atom stereocenters. The Morgan fingerprint density at radius 3 is 2.31 bits per heavy atom. The Morgan fingerprint density at radius 1 is 0.962 bits per heavy atom. The monoisotopic (exact) mass is 755 g/mol. The normalized spacial score (nSPS) is 19.8. The summed E-state index contributed by atoms with van der Waals surface area (Å²) in [4.78, 5) is 59.2. The highest BCUT2D eigenvalue weighted by atomic mass is 35.5. The van der Waals surface area contributed by atoms with Crippen LogP contribution in [-0.4, -0.2) is 66.2 Å². The molecule has 282 valence electrons. The summed E-state index contributed by atoms with van der Waals surface area (Å²) in [5.74, 6) is -1.45. The largest absolute Gasteiger partial charge is 0.445 e. The van der Waals surface area contributed by atoms with Gasteiger partial charge < -0.3 is 35.7 Å². The van der Waals surface area contributed by atoms with Gasteiger partial charge in [0.25, 0.3) is 0 Å². The van der Waals surface area contributed by atoms with Gasteiger partial charge in [0, 0.05) is 42.3 Å². The minimum Gasteiger partial charge on any atom is -0.445 e. The van der Waals surface area contributed by atoms with Crippen LogP contribution >= 0.6 is 23.2 Å². The predicted octanol–water partition coefficient (Wildman–Crippen LogP) is 6.23. The third-order valence-corrected chi connectivity index (χ3v) is 11.3. The van der Waals surface area contributed by atoms with E-state index in [4.69, 9.17) is 32.7 Å². The van der Waals surface area contributed by atoms with Crippen LogP contribution in [0.15, 0.2) is 42.5 Å². The summed E-state index contributed by atoms with van der Waals surface area (Å²) in [5.41, 5.74) is 1.74. The second-order valence-electron chi connectivity index (χ2n) is 14.3. The zero-order chi connectivity index (χ0) is 37.4. The number of H-pyrrole nitrogens is 1. The molecule has 1 aliphatic heterocycles. The highest BCUT2D eigenvalue weighted by molar-refractivity contribution is 6.38. The van der Waals surface area contributed by atoms with Crippen LogP contribution < -0.4 is 21.3 Å². The minimum atomic E-state index is -1.47. The van der Waals surface area contributed by atoms with Crippen molar-refractivity contribution in [1.82, 2.24) is 26.3 Å². The summed E-state index contributed by atoms with van der Waals surface area (Å²) in [6.45, 7) is 9.54. The van der Waals surface area contributed by atoms with Gasteiger partial charge in [-0.3, -0.25) is 14.4 Å². The van der Waals surface area contributed by atoms with Crippen LogP contribution in [0.4, 0.5) is 4.79 Å². The quantitative estimate of drug-likeness (QED) is 0.132. The van der Waals surface area contributed by atoms with Crippen molar-refractivity contribution in [2.75, 3.05) is 19.8 Å². The van der Waals surface area contributed by atoms with Gasteiger partial charge >= 0.3 is 6.09 Å². The second-order valence-corrected chi connectivity index (χ2v) is 15.2. The molecule has 0 radical (unpaired) electrons. The standard InChI is InChI=1S/C39H51Cl2N5O6/c1-5-23(3)32(35(47)42-21-25-13-16-51-17-14-25)44-37(49)39(15-12-31-29(20-39)28-18-27(40)19-30(41)34(28)43-31)46-36(48)33(24(4)6-2)45-38(50)52-22-26-10-8-7-9-11-26/h7-11,18-19,23-25,32-33,43H,5-6,12-17,20-22H2,1-4H3,(H,42,47)(H,44,49)(H,45,50)(H,46,48)/t23-,24?,32-,33?,39+/m0/s1. The van der Waals surface area contributed by atoms with Crippen molar-refractivity contribution in [2.45, 2.75) is 96.9 Å². The van der Waals surface area contributed by atoms with E-state index in [1.807, 2.05) is 58.0 Å². The molecule has 5 rings (SSSR count). The van der Waals surface area contributed by atoms with Crippen molar-refractivity contribution in [3.8, 4) is 0 Å². The molecule has 13 heteroatoms. The summed E-state index contributed by atoms with van der Waals surface area (Å²) < 4.78 is 10.9. The van der Waals surface area contributed by atoms with Gasteiger partial charge in [0.15, 0.2) is 0 Å². The third-order valence-electron chi connectivity index (χ3n) is 10.8. The van der Waals surface area contributed by atoms with E-state index < -0.39 is 35.5 Å². The first-order chi connectivity index (χ1) is 24.9. The number of halogens is 2. The molecule has 11 nitrogen and oxygen atoms in total. The number of fused-ring (bicyclic) bond motifs is 3. The van der Waals surface area contributed by atoms with E-state index in [1.54, 1.807) is 12.1 Å². The van der Waals surface area contributed by atoms with Gasteiger partial charge in [-0.15, -0.1) is 0 Å². The SMILES string of the molecule is CCC(C)C(NC(=O)OCc1ccccc1)C(=O)N[C@]1(C(=O)N[C@H](C(=O)NCC2CCOCC2)[C@@H](C)CC)CCc2[nH]c3c(Cl)cc(Cl)cc3c2C1.